The topological polar surface area (TPSA) is 26.7 Å². The molecule has 0 saturated carbocycles. The normalized spacial score (nSPS) is 23.1. The lowest BCUT2D eigenvalue weighted by Gasteiger charge is -2.22. The second-order valence-corrected chi connectivity index (χ2v) is 6.91. The molecule has 0 radical (unpaired) electrons. The van der Waals surface area contributed by atoms with Crippen LogP contribution in [0.15, 0.2) is 12.1 Å². The number of rotatable bonds is 4. The zero-order chi connectivity index (χ0) is 14.5. The minimum absolute atomic E-state index is 0.142. The number of likely N-dealkylation sites (N-methyl/N-ethyl adjacent to an activating group) is 1. The van der Waals surface area contributed by atoms with Crippen molar-refractivity contribution in [2.24, 2.45) is 5.92 Å². The minimum Gasteiger partial charge on any atom is -0.395 e. The molecular weight excluding hydrogens is 268 g/mol. The first kappa shape index (κ1) is 15.5. The Bertz CT molecular complexity index is 486. The van der Waals surface area contributed by atoms with Crippen molar-refractivity contribution in [2.75, 3.05) is 33.8 Å². The minimum atomic E-state index is 0.142. The molecule has 2 atom stereocenters. The van der Waals surface area contributed by atoms with Crippen LogP contribution in [0.1, 0.15) is 23.1 Å². The third-order valence-electron chi connectivity index (χ3n) is 3.80. The predicted molar refractivity (Wildman–Crippen MR) is 84.8 cm³/mol. The molecule has 20 heavy (non-hydrogen) atoms. The zero-order valence-corrected chi connectivity index (χ0v) is 13.4. The summed E-state index contributed by atoms with van der Waals surface area (Å²) in [5.41, 5.74) is 0. The van der Waals surface area contributed by atoms with E-state index in [1.165, 1.54) is 11.4 Å². The van der Waals surface area contributed by atoms with Crippen LogP contribution < -0.4 is 0 Å². The molecule has 0 spiro atoms. The van der Waals surface area contributed by atoms with Crippen LogP contribution in [0.2, 0.25) is 0 Å². The highest BCUT2D eigenvalue weighted by atomic mass is 32.1. The smallest absolute Gasteiger partial charge is 0.0771 e. The summed E-state index contributed by atoms with van der Waals surface area (Å²) in [6.45, 7) is 5.83. The van der Waals surface area contributed by atoms with E-state index in [4.69, 9.17) is 5.11 Å². The maximum absolute atomic E-state index is 8.72. The van der Waals surface area contributed by atoms with Crippen LogP contribution in [0, 0.1) is 17.8 Å². The standard InChI is InChI=1S/C16H24N2OS/c1-13-10-18(12-16(13)17(2)3)11-15-8-7-14(20-15)6-4-5-9-19/h7-8,13,16,19H,5,9-12H2,1-3H3. The summed E-state index contributed by atoms with van der Waals surface area (Å²) < 4.78 is 0. The molecule has 0 aromatic carbocycles. The van der Waals surface area contributed by atoms with Crippen LogP contribution in [0.5, 0.6) is 0 Å². The van der Waals surface area contributed by atoms with Crippen LogP contribution in [0.25, 0.3) is 0 Å². The Morgan fingerprint density at radius 3 is 2.85 bits per heavy atom. The molecule has 3 nitrogen and oxygen atoms in total. The van der Waals surface area contributed by atoms with Crippen molar-refractivity contribution >= 4 is 11.3 Å². The molecule has 2 heterocycles. The Morgan fingerprint density at radius 2 is 2.20 bits per heavy atom. The van der Waals surface area contributed by atoms with Crippen molar-refractivity contribution in [3.8, 4) is 11.8 Å². The number of aliphatic hydroxyl groups is 1. The maximum Gasteiger partial charge on any atom is 0.0771 e. The summed E-state index contributed by atoms with van der Waals surface area (Å²) in [5, 5.41) is 8.72. The molecule has 0 amide bonds. The van der Waals surface area contributed by atoms with E-state index in [9.17, 15) is 0 Å². The third-order valence-corrected chi connectivity index (χ3v) is 4.79. The van der Waals surface area contributed by atoms with Crippen molar-refractivity contribution in [3.05, 3.63) is 21.9 Å². The van der Waals surface area contributed by atoms with Gasteiger partial charge in [0.1, 0.15) is 0 Å². The molecule has 0 aliphatic carbocycles. The van der Waals surface area contributed by atoms with E-state index in [1.807, 2.05) is 0 Å². The van der Waals surface area contributed by atoms with Gasteiger partial charge in [0.15, 0.2) is 0 Å². The fourth-order valence-electron chi connectivity index (χ4n) is 2.81. The Hall–Kier alpha value is -0.860. The Balaban J connectivity index is 1.90. The molecule has 4 heteroatoms. The van der Waals surface area contributed by atoms with Crippen molar-refractivity contribution < 1.29 is 5.11 Å². The lowest BCUT2D eigenvalue weighted by molar-refractivity contribution is 0.251. The first-order chi connectivity index (χ1) is 9.60. The molecule has 1 N–H and O–H groups in total. The van der Waals surface area contributed by atoms with Gasteiger partial charge in [-0.15, -0.1) is 11.3 Å². The first-order valence-corrected chi connectivity index (χ1v) is 7.99. The van der Waals surface area contributed by atoms with Crippen LogP contribution in [-0.4, -0.2) is 54.7 Å². The van der Waals surface area contributed by atoms with E-state index in [0.717, 1.165) is 23.9 Å². The van der Waals surface area contributed by atoms with Gasteiger partial charge in [0.05, 0.1) is 11.5 Å². The second kappa shape index (κ2) is 7.24. The molecular formula is C16H24N2OS. The predicted octanol–water partition coefficient (Wildman–Crippen LogP) is 1.86. The quantitative estimate of drug-likeness (QED) is 0.858. The number of nitrogens with zero attached hydrogens (tertiary/aromatic N) is 2. The summed E-state index contributed by atoms with van der Waals surface area (Å²) in [4.78, 5) is 7.35. The van der Waals surface area contributed by atoms with Crippen molar-refractivity contribution in [3.63, 3.8) is 0 Å². The number of hydrogen-bond donors (Lipinski definition) is 1. The van der Waals surface area contributed by atoms with Crippen molar-refractivity contribution in [1.82, 2.24) is 9.80 Å². The van der Waals surface area contributed by atoms with E-state index in [2.05, 4.69) is 54.8 Å². The van der Waals surface area contributed by atoms with Gasteiger partial charge in [0.2, 0.25) is 0 Å². The van der Waals surface area contributed by atoms with E-state index < -0.39 is 0 Å². The van der Waals surface area contributed by atoms with E-state index in [-0.39, 0.29) is 6.61 Å². The van der Waals surface area contributed by atoms with Gasteiger partial charge in [-0.2, -0.15) is 0 Å². The number of thiophene rings is 1. The molecule has 1 aliphatic heterocycles. The van der Waals surface area contributed by atoms with Crippen LogP contribution in [-0.2, 0) is 6.54 Å². The average Bonchev–Trinajstić information content (AvgIpc) is 2.97. The van der Waals surface area contributed by atoms with Gasteiger partial charge in [-0.25, -0.2) is 0 Å². The average molecular weight is 292 g/mol. The Labute approximate surface area is 126 Å². The summed E-state index contributed by atoms with van der Waals surface area (Å²) in [6, 6.07) is 4.94. The highest BCUT2D eigenvalue weighted by Gasteiger charge is 2.30. The summed E-state index contributed by atoms with van der Waals surface area (Å²) in [7, 11) is 4.34. The largest absolute Gasteiger partial charge is 0.395 e. The Morgan fingerprint density at radius 1 is 1.40 bits per heavy atom. The summed E-state index contributed by atoms with van der Waals surface area (Å²) in [5.74, 6) is 6.82. The monoisotopic (exact) mass is 292 g/mol. The molecule has 2 unspecified atom stereocenters. The van der Waals surface area contributed by atoms with Gasteiger partial charge >= 0.3 is 0 Å². The van der Waals surface area contributed by atoms with E-state index in [1.54, 1.807) is 11.3 Å². The number of aliphatic hydroxyl groups excluding tert-OH is 1. The highest BCUT2D eigenvalue weighted by molar-refractivity contribution is 7.12. The molecule has 0 bridgehead atoms. The summed E-state index contributed by atoms with van der Waals surface area (Å²) in [6.07, 6.45) is 0.557. The number of hydrogen-bond acceptors (Lipinski definition) is 4. The molecule has 1 fully saturated rings. The van der Waals surface area contributed by atoms with Gasteiger partial charge in [-0.3, -0.25) is 4.90 Å². The highest BCUT2D eigenvalue weighted by Crippen LogP contribution is 2.24. The van der Waals surface area contributed by atoms with E-state index >= 15 is 0 Å². The van der Waals surface area contributed by atoms with Crippen LogP contribution >= 0.6 is 11.3 Å². The molecule has 110 valence electrons. The lowest BCUT2D eigenvalue weighted by atomic mass is 10.1. The molecule has 2 rings (SSSR count). The van der Waals surface area contributed by atoms with Crippen molar-refractivity contribution in [1.29, 1.82) is 0 Å². The molecule has 1 aliphatic rings. The zero-order valence-electron chi connectivity index (χ0n) is 12.6. The summed E-state index contributed by atoms with van der Waals surface area (Å²) >= 11 is 1.77. The fraction of sp³-hybridized carbons (Fsp3) is 0.625. The molecule has 1 aromatic heterocycles. The SMILES string of the molecule is CC1CN(Cc2ccc(C#CCCO)s2)CC1N(C)C. The Kier molecular flexibility index (Phi) is 5.62. The first-order valence-electron chi connectivity index (χ1n) is 7.17. The van der Waals surface area contributed by atoms with Crippen molar-refractivity contribution in [2.45, 2.75) is 25.9 Å². The van der Waals surface area contributed by atoms with Crippen LogP contribution in [0.4, 0.5) is 0 Å². The van der Waals surface area contributed by atoms with Gasteiger partial charge in [-0.05, 0) is 32.1 Å². The second-order valence-electron chi connectivity index (χ2n) is 5.74. The lowest BCUT2D eigenvalue weighted by Crippen LogP contribution is -2.34. The third kappa shape index (κ3) is 4.07. The molecule has 1 saturated heterocycles. The van der Waals surface area contributed by atoms with Gasteiger partial charge in [0.25, 0.3) is 0 Å². The van der Waals surface area contributed by atoms with Gasteiger partial charge < -0.3 is 10.0 Å². The molecule has 1 aromatic rings. The van der Waals surface area contributed by atoms with E-state index in [0.29, 0.717) is 12.5 Å². The number of likely N-dealkylation sites (tertiary alicyclic amines) is 1. The fourth-order valence-corrected chi connectivity index (χ4v) is 3.73. The maximum atomic E-state index is 8.72. The van der Waals surface area contributed by atoms with Gasteiger partial charge in [0, 0.05) is 37.0 Å². The van der Waals surface area contributed by atoms with Crippen LogP contribution in [0.3, 0.4) is 0 Å². The van der Waals surface area contributed by atoms with Gasteiger partial charge in [-0.1, -0.05) is 18.8 Å².